The van der Waals surface area contributed by atoms with Crippen LogP contribution in [-0.2, 0) is 23.8 Å². The molecule has 0 aliphatic heterocycles. The van der Waals surface area contributed by atoms with Gasteiger partial charge in [-0.05, 0) is 27.7 Å². The average Bonchev–Trinajstić information content (AvgIpc) is 3.09. The lowest BCUT2D eigenvalue weighted by Crippen LogP contribution is -2.45. The molecular weight excluding hydrogens is 402 g/mol. The predicted octanol–water partition coefficient (Wildman–Crippen LogP) is 1.79. The molecule has 0 aromatic carbocycles. The lowest BCUT2D eigenvalue weighted by atomic mass is 10.2. The van der Waals surface area contributed by atoms with Crippen LogP contribution in [0.1, 0.15) is 34.1 Å². The number of carbonyl (C=O) groups excluding carboxylic acids is 3. The van der Waals surface area contributed by atoms with Crippen molar-refractivity contribution in [1.29, 1.82) is 0 Å². The highest BCUT2D eigenvalue weighted by Crippen LogP contribution is 2.21. The molecule has 1 atom stereocenters. The van der Waals surface area contributed by atoms with Gasteiger partial charge in [-0.15, -0.1) is 0 Å². The zero-order valence-corrected chi connectivity index (χ0v) is 17.4. The number of hydrogen-bond acceptors (Lipinski definition) is 10. The molecule has 0 saturated heterocycles. The van der Waals surface area contributed by atoms with E-state index in [9.17, 15) is 14.4 Å². The van der Waals surface area contributed by atoms with Crippen molar-refractivity contribution in [2.24, 2.45) is 0 Å². The second kappa shape index (κ2) is 10.0. The molecule has 0 radical (unpaired) electrons. The first-order chi connectivity index (χ1) is 13.7. The van der Waals surface area contributed by atoms with Crippen molar-refractivity contribution < 1.29 is 28.6 Å². The van der Waals surface area contributed by atoms with Crippen molar-refractivity contribution in [3.63, 3.8) is 0 Å². The normalized spacial score (nSPS) is 12.3. The summed E-state index contributed by atoms with van der Waals surface area (Å²) in [5, 5.41) is 2.90. The molecule has 2 rings (SSSR count). The largest absolute Gasteiger partial charge is 0.464 e. The standard InChI is InChI=1S/C17H23N5O6S/c1-5-26-15(24)10(22-16(25)28-17(2,3)4)6-11(23)27-9-29-14-12-13(19-7-18-12)20-8-21-14/h7-8,10H,5-6,9H2,1-4H3,(H,22,25)(H,18,19,20,21)/t10-/m0/s1. The maximum Gasteiger partial charge on any atom is 0.408 e. The molecule has 2 aromatic heterocycles. The molecule has 0 spiro atoms. The monoisotopic (exact) mass is 425 g/mol. The van der Waals surface area contributed by atoms with Crippen LogP contribution in [0, 0.1) is 0 Å². The Hall–Kier alpha value is -2.89. The van der Waals surface area contributed by atoms with Crippen molar-refractivity contribution in [2.45, 2.75) is 50.8 Å². The number of ether oxygens (including phenoxy) is 3. The number of nitrogens with one attached hydrogen (secondary N) is 2. The van der Waals surface area contributed by atoms with Gasteiger partial charge in [0.2, 0.25) is 0 Å². The van der Waals surface area contributed by atoms with Gasteiger partial charge in [-0.25, -0.2) is 24.5 Å². The average molecular weight is 425 g/mol. The molecular formula is C17H23N5O6S. The highest BCUT2D eigenvalue weighted by molar-refractivity contribution is 7.99. The van der Waals surface area contributed by atoms with Gasteiger partial charge < -0.3 is 24.5 Å². The van der Waals surface area contributed by atoms with E-state index in [2.05, 4.69) is 25.3 Å². The number of carbonyl (C=O) groups is 3. The minimum Gasteiger partial charge on any atom is -0.464 e. The third-order valence-corrected chi connectivity index (χ3v) is 4.06. The highest BCUT2D eigenvalue weighted by atomic mass is 32.2. The van der Waals surface area contributed by atoms with Crippen LogP contribution in [0.3, 0.4) is 0 Å². The molecule has 2 N–H and O–H groups in total. The first-order valence-electron chi connectivity index (χ1n) is 8.78. The number of esters is 2. The lowest BCUT2D eigenvalue weighted by Gasteiger charge is -2.22. The van der Waals surface area contributed by atoms with Crippen LogP contribution in [0.5, 0.6) is 0 Å². The number of alkyl carbamates (subject to hydrolysis) is 1. The highest BCUT2D eigenvalue weighted by Gasteiger charge is 2.28. The van der Waals surface area contributed by atoms with E-state index in [0.717, 1.165) is 11.8 Å². The van der Waals surface area contributed by atoms with Gasteiger partial charge in [-0.1, -0.05) is 11.8 Å². The minimum atomic E-state index is -1.22. The van der Waals surface area contributed by atoms with Gasteiger partial charge in [0.05, 0.1) is 19.4 Å². The quantitative estimate of drug-likeness (QED) is 0.211. The Morgan fingerprint density at radius 3 is 2.66 bits per heavy atom. The van der Waals surface area contributed by atoms with Gasteiger partial charge in [0.1, 0.15) is 34.5 Å². The Morgan fingerprint density at radius 1 is 1.21 bits per heavy atom. The number of nitrogens with zero attached hydrogens (tertiary/aromatic N) is 3. The number of thioether (sulfide) groups is 1. The maximum absolute atomic E-state index is 12.1. The van der Waals surface area contributed by atoms with Gasteiger partial charge in [0.25, 0.3) is 0 Å². The van der Waals surface area contributed by atoms with E-state index in [1.165, 1.54) is 12.7 Å². The van der Waals surface area contributed by atoms with Crippen LogP contribution in [0.4, 0.5) is 4.79 Å². The molecule has 0 aliphatic carbocycles. The Kier molecular flexibility index (Phi) is 7.76. The number of fused-ring (bicyclic) bond motifs is 1. The maximum atomic E-state index is 12.1. The molecule has 1 amide bonds. The summed E-state index contributed by atoms with van der Waals surface area (Å²) in [6.07, 6.45) is 1.61. The second-order valence-corrected chi connectivity index (χ2v) is 7.62. The van der Waals surface area contributed by atoms with Crippen molar-refractivity contribution in [3.8, 4) is 0 Å². The van der Waals surface area contributed by atoms with E-state index in [0.29, 0.717) is 16.2 Å². The van der Waals surface area contributed by atoms with Crippen LogP contribution < -0.4 is 5.32 Å². The fraction of sp³-hybridized carbons (Fsp3) is 0.529. The Morgan fingerprint density at radius 2 is 1.97 bits per heavy atom. The van der Waals surface area contributed by atoms with E-state index < -0.39 is 36.1 Å². The van der Waals surface area contributed by atoms with Crippen LogP contribution in [0.25, 0.3) is 11.2 Å². The second-order valence-electron chi connectivity index (χ2n) is 6.71. The zero-order chi connectivity index (χ0) is 21.4. The Labute approximate surface area is 171 Å². The lowest BCUT2D eigenvalue weighted by molar-refractivity contribution is -0.151. The van der Waals surface area contributed by atoms with Crippen LogP contribution in [0.15, 0.2) is 17.7 Å². The molecule has 0 fully saturated rings. The number of rotatable bonds is 8. The fourth-order valence-corrected chi connectivity index (χ4v) is 2.83. The topological polar surface area (TPSA) is 145 Å². The van der Waals surface area contributed by atoms with Crippen molar-refractivity contribution in [3.05, 3.63) is 12.7 Å². The number of amides is 1. The number of hydrogen-bond donors (Lipinski definition) is 2. The molecule has 0 bridgehead atoms. The van der Waals surface area contributed by atoms with Crippen LogP contribution >= 0.6 is 11.8 Å². The Balaban J connectivity index is 1.90. The summed E-state index contributed by atoms with van der Waals surface area (Å²) in [6.45, 7) is 6.77. The first kappa shape index (κ1) is 22.4. The van der Waals surface area contributed by atoms with E-state index in [4.69, 9.17) is 14.2 Å². The van der Waals surface area contributed by atoms with Gasteiger partial charge in [-0.3, -0.25) is 4.79 Å². The van der Waals surface area contributed by atoms with Crippen LogP contribution in [0.2, 0.25) is 0 Å². The van der Waals surface area contributed by atoms with Gasteiger partial charge in [-0.2, -0.15) is 0 Å². The van der Waals surface area contributed by atoms with Gasteiger partial charge in [0, 0.05) is 0 Å². The fourth-order valence-electron chi connectivity index (χ4n) is 2.11. The summed E-state index contributed by atoms with van der Waals surface area (Å²) < 4.78 is 15.2. The predicted molar refractivity (Wildman–Crippen MR) is 103 cm³/mol. The smallest absolute Gasteiger partial charge is 0.408 e. The van der Waals surface area contributed by atoms with Crippen molar-refractivity contribution in [2.75, 3.05) is 12.5 Å². The summed E-state index contributed by atoms with van der Waals surface area (Å²) in [4.78, 5) is 51.2. The summed E-state index contributed by atoms with van der Waals surface area (Å²) in [5.41, 5.74) is 0.373. The molecule has 2 aromatic rings. The third kappa shape index (κ3) is 7.22. The number of aromatic nitrogens is 4. The first-order valence-corrected chi connectivity index (χ1v) is 9.76. The summed E-state index contributed by atoms with van der Waals surface area (Å²) >= 11 is 1.16. The molecule has 0 unspecified atom stereocenters. The summed E-state index contributed by atoms with van der Waals surface area (Å²) in [6, 6.07) is -1.22. The molecule has 0 aliphatic rings. The number of aromatic amines is 1. The van der Waals surface area contributed by atoms with Crippen molar-refractivity contribution in [1.82, 2.24) is 25.3 Å². The third-order valence-electron chi connectivity index (χ3n) is 3.24. The number of H-pyrrole nitrogens is 1. The van der Waals surface area contributed by atoms with E-state index in [1.54, 1.807) is 27.7 Å². The molecule has 29 heavy (non-hydrogen) atoms. The molecule has 11 nitrogen and oxygen atoms in total. The van der Waals surface area contributed by atoms with Gasteiger partial charge >= 0.3 is 18.0 Å². The van der Waals surface area contributed by atoms with Crippen molar-refractivity contribution >= 4 is 41.0 Å². The molecule has 0 saturated carbocycles. The molecule has 2 heterocycles. The summed E-state index contributed by atoms with van der Waals surface area (Å²) in [7, 11) is 0. The summed E-state index contributed by atoms with van der Waals surface area (Å²) in [5.74, 6) is -1.49. The minimum absolute atomic E-state index is 0.0497. The number of imidazole rings is 1. The Bertz CT molecular complexity index is 865. The van der Waals surface area contributed by atoms with E-state index in [1.807, 2.05) is 0 Å². The van der Waals surface area contributed by atoms with E-state index in [-0.39, 0.29) is 12.5 Å². The van der Waals surface area contributed by atoms with Crippen LogP contribution in [-0.4, -0.2) is 62.2 Å². The van der Waals surface area contributed by atoms with E-state index >= 15 is 0 Å². The zero-order valence-electron chi connectivity index (χ0n) is 16.6. The molecule has 12 heteroatoms. The molecule has 158 valence electrons. The van der Waals surface area contributed by atoms with Gasteiger partial charge in [0.15, 0.2) is 5.65 Å². The SMILES string of the molecule is CCOC(=O)[C@H](CC(=O)OCSc1ncnc2nc[nH]c12)NC(=O)OC(C)(C)C.